The van der Waals surface area contributed by atoms with Gasteiger partial charge in [-0.15, -0.1) is 10.2 Å². The first-order valence-corrected chi connectivity index (χ1v) is 7.04. The van der Waals surface area contributed by atoms with E-state index in [4.69, 9.17) is 4.42 Å². The third-order valence-corrected chi connectivity index (χ3v) is 4.72. The molecule has 0 aliphatic heterocycles. The predicted molar refractivity (Wildman–Crippen MR) is 68.9 cm³/mol. The largest absolute Gasteiger partial charge is 0.459 e. The van der Waals surface area contributed by atoms with Gasteiger partial charge in [0.05, 0.1) is 4.83 Å². The number of hydrogen-bond acceptors (Lipinski definition) is 4. The topological polar surface area (TPSA) is 38.9 Å². The molecule has 0 spiro atoms. The zero-order valence-electron chi connectivity index (χ0n) is 9.24. The van der Waals surface area contributed by atoms with Crippen LogP contribution in [0.3, 0.4) is 0 Å². The highest BCUT2D eigenvalue weighted by Gasteiger charge is 2.14. The first-order chi connectivity index (χ1) is 7.74. The van der Waals surface area contributed by atoms with Crippen LogP contribution < -0.4 is 0 Å². The molecule has 0 N–H and O–H groups in total. The summed E-state index contributed by atoms with van der Waals surface area (Å²) in [5.41, 5.74) is 0. The third kappa shape index (κ3) is 2.35. The van der Waals surface area contributed by atoms with Crippen LogP contribution in [0.1, 0.15) is 35.9 Å². The highest BCUT2D eigenvalue weighted by Crippen LogP contribution is 2.33. The van der Waals surface area contributed by atoms with Crippen LogP contribution >= 0.6 is 27.3 Å². The van der Waals surface area contributed by atoms with E-state index < -0.39 is 0 Å². The van der Waals surface area contributed by atoms with E-state index in [0.29, 0.717) is 4.83 Å². The number of furan rings is 1. The van der Waals surface area contributed by atoms with Gasteiger partial charge in [0, 0.05) is 6.42 Å². The molecule has 2 heterocycles. The Morgan fingerprint density at radius 3 is 2.81 bits per heavy atom. The van der Waals surface area contributed by atoms with E-state index in [2.05, 4.69) is 40.0 Å². The molecule has 0 radical (unpaired) electrons. The molecular formula is C11H13BrN2OS. The Morgan fingerprint density at radius 1 is 1.38 bits per heavy atom. The molecule has 2 aromatic rings. The fraction of sp³-hybridized carbons (Fsp3) is 0.455. The van der Waals surface area contributed by atoms with Gasteiger partial charge in [-0.3, -0.25) is 0 Å². The van der Waals surface area contributed by atoms with E-state index in [1.54, 1.807) is 11.3 Å². The van der Waals surface area contributed by atoms with Gasteiger partial charge in [-0.1, -0.05) is 41.1 Å². The molecule has 0 saturated carbocycles. The van der Waals surface area contributed by atoms with Crippen LogP contribution in [0.2, 0.25) is 0 Å². The second-order valence-corrected chi connectivity index (χ2v) is 5.56. The van der Waals surface area contributed by atoms with Gasteiger partial charge in [0.1, 0.15) is 10.8 Å². The van der Waals surface area contributed by atoms with Gasteiger partial charge in [0.15, 0.2) is 10.8 Å². The minimum absolute atomic E-state index is 0.291. The Bertz CT molecular complexity index is 466. The molecule has 1 atom stereocenters. The van der Waals surface area contributed by atoms with Crippen molar-refractivity contribution in [2.45, 2.75) is 31.5 Å². The highest BCUT2D eigenvalue weighted by molar-refractivity contribution is 9.09. The minimum Gasteiger partial charge on any atom is -0.459 e. The molecule has 86 valence electrons. The fourth-order valence-electron chi connectivity index (χ4n) is 1.32. The molecular weight excluding hydrogens is 288 g/mol. The third-order valence-electron chi connectivity index (χ3n) is 2.29. The van der Waals surface area contributed by atoms with Crippen LogP contribution in [0.5, 0.6) is 0 Å². The summed E-state index contributed by atoms with van der Waals surface area (Å²) < 4.78 is 5.64. The molecule has 5 heteroatoms. The molecule has 2 rings (SSSR count). The molecule has 1 unspecified atom stereocenters. The Labute approximate surface area is 107 Å². The summed E-state index contributed by atoms with van der Waals surface area (Å²) in [6.07, 6.45) is 1.91. The van der Waals surface area contributed by atoms with Crippen LogP contribution in [-0.2, 0) is 6.42 Å². The predicted octanol–water partition coefficient (Wildman–Crippen LogP) is 4.21. The molecule has 0 aliphatic carbocycles. The van der Waals surface area contributed by atoms with Crippen molar-refractivity contribution in [2.75, 3.05) is 0 Å². The van der Waals surface area contributed by atoms with Crippen molar-refractivity contribution in [3.63, 3.8) is 0 Å². The van der Waals surface area contributed by atoms with Crippen molar-refractivity contribution in [3.05, 3.63) is 22.9 Å². The van der Waals surface area contributed by atoms with Gasteiger partial charge in [0.25, 0.3) is 0 Å². The van der Waals surface area contributed by atoms with Gasteiger partial charge in [-0.2, -0.15) is 0 Å². The number of alkyl halides is 1. The van der Waals surface area contributed by atoms with Crippen LogP contribution in [0.15, 0.2) is 16.5 Å². The molecule has 3 nitrogen and oxygen atoms in total. The maximum absolute atomic E-state index is 5.64. The number of hydrogen-bond donors (Lipinski definition) is 0. The Hall–Kier alpha value is -0.680. The van der Waals surface area contributed by atoms with Crippen molar-refractivity contribution >= 4 is 27.3 Å². The normalized spacial score (nSPS) is 12.9. The summed E-state index contributed by atoms with van der Waals surface area (Å²) in [4.78, 5) is 0.291. The lowest BCUT2D eigenvalue weighted by Crippen LogP contribution is -1.84. The molecule has 0 amide bonds. The average molecular weight is 301 g/mol. The summed E-state index contributed by atoms with van der Waals surface area (Å²) >= 11 is 5.15. The first kappa shape index (κ1) is 11.8. The standard InChI is InChI=1S/C11H13BrN2OS/c1-3-7-5-6-9(15-7)11-14-13-10(16-11)8(12)4-2/h5-6,8H,3-4H2,1-2H3. The molecule has 0 aliphatic rings. The van der Waals surface area contributed by atoms with Crippen molar-refractivity contribution < 1.29 is 4.42 Å². The van der Waals surface area contributed by atoms with E-state index in [-0.39, 0.29) is 0 Å². The lowest BCUT2D eigenvalue weighted by Gasteiger charge is -1.97. The van der Waals surface area contributed by atoms with Gasteiger partial charge in [-0.25, -0.2) is 0 Å². The molecule has 0 bridgehead atoms. The second kappa shape index (κ2) is 5.10. The fourth-order valence-corrected chi connectivity index (χ4v) is 2.56. The van der Waals surface area contributed by atoms with Gasteiger partial charge < -0.3 is 4.42 Å². The highest BCUT2D eigenvalue weighted by atomic mass is 79.9. The van der Waals surface area contributed by atoms with E-state index in [9.17, 15) is 0 Å². The number of rotatable bonds is 4. The lowest BCUT2D eigenvalue weighted by atomic mass is 10.4. The molecule has 0 aromatic carbocycles. The first-order valence-electron chi connectivity index (χ1n) is 5.31. The minimum atomic E-state index is 0.291. The summed E-state index contributed by atoms with van der Waals surface area (Å²) in [7, 11) is 0. The van der Waals surface area contributed by atoms with Crippen LogP contribution in [-0.4, -0.2) is 10.2 Å². The van der Waals surface area contributed by atoms with Crippen molar-refractivity contribution in [1.82, 2.24) is 10.2 Å². The maximum atomic E-state index is 5.64. The van der Waals surface area contributed by atoms with E-state index in [1.165, 1.54) is 0 Å². The molecule has 16 heavy (non-hydrogen) atoms. The van der Waals surface area contributed by atoms with Crippen LogP contribution in [0.4, 0.5) is 0 Å². The van der Waals surface area contributed by atoms with Gasteiger partial charge >= 0.3 is 0 Å². The van der Waals surface area contributed by atoms with E-state index in [1.807, 2.05) is 12.1 Å². The van der Waals surface area contributed by atoms with E-state index >= 15 is 0 Å². The van der Waals surface area contributed by atoms with Crippen LogP contribution in [0.25, 0.3) is 10.8 Å². The van der Waals surface area contributed by atoms with E-state index in [0.717, 1.165) is 34.4 Å². The summed E-state index contributed by atoms with van der Waals surface area (Å²) in [5.74, 6) is 1.80. The summed E-state index contributed by atoms with van der Waals surface area (Å²) in [5, 5.41) is 10.2. The zero-order valence-corrected chi connectivity index (χ0v) is 11.6. The number of halogens is 1. The smallest absolute Gasteiger partial charge is 0.183 e. The van der Waals surface area contributed by atoms with Crippen molar-refractivity contribution in [1.29, 1.82) is 0 Å². The molecule has 0 fully saturated rings. The lowest BCUT2D eigenvalue weighted by molar-refractivity contribution is 0.528. The summed E-state index contributed by atoms with van der Waals surface area (Å²) in [6, 6.07) is 3.94. The number of nitrogens with zero attached hydrogens (tertiary/aromatic N) is 2. The zero-order chi connectivity index (χ0) is 11.5. The quantitative estimate of drug-likeness (QED) is 0.794. The monoisotopic (exact) mass is 300 g/mol. The number of aromatic nitrogens is 2. The Morgan fingerprint density at radius 2 is 2.19 bits per heavy atom. The second-order valence-electron chi connectivity index (χ2n) is 3.44. The summed E-state index contributed by atoms with van der Waals surface area (Å²) in [6.45, 7) is 4.18. The van der Waals surface area contributed by atoms with Crippen molar-refractivity contribution in [2.24, 2.45) is 0 Å². The van der Waals surface area contributed by atoms with Crippen LogP contribution in [0, 0.1) is 0 Å². The average Bonchev–Trinajstić information content (AvgIpc) is 2.95. The Balaban J connectivity index is 2.24. The van der Waals surface area contributed by atoms with Gasteiger partial charge in [0.2, 0.25) is 0 Å². The maximum Gasteiger partial charge on any atom is 0.183 e. The molecule has 0 saturated heterocycles. The number of aryl methyl sites for hydroxylation is 1. The molecule has 2 aromatic heterocycles. The Kier molecular flexibility index (Phi) is 3.76. The SMILES string of the molecule is CCc1ccc(-c2nnc(C(Br)CC)s2)o1. The van der Waals surface area contributed by atoms with Gasteiger partial charge in [-0.05, 0) is 18.6 Å². The van der Waals surface area contributed by atoms with Crippen molar-refractivity contribution in [3.8, 4) is 10.8 Å².